The Balaban J connectivity index is 2.50. The predicted octanol–water partition coefficient (Wildman–Crippen LogP) is -0.298. The Kier molecular flexibility index (Phi) is 7.78. The van der Waals surface area contributed by atoms with Gasteiger partial charge in [-0.25, -0.2) is 4.99 Å². The van der Waals surface area contributed by atoms with E-state index in [2.05, 4.69) is 44.8 Å². The van der Waals surface area contributed by atoms with Crippen LogP contribution in [-0.4, -0.2) is 86.6 Å². The first-order chi connectivity index (χ1) is 10.7. The van der Waals surface area contributed by atoms with E-state index in [0.717, 1.165) is 32.7 Å². The summed E-state index contributed by atoms with van der Waals surface area (Å²) in [5, 5.41) is 9.46. The normalized spacial score (nSPS) is 21.1. The second kappa shape index (κ2) is 9.08. The fraction of sp³-hybridized carbons (Fsp3) is 0.875. The molecule has 134 valence electrons. The smallest absolute Gasteiger partial charge is 0.242 e. The van der Waals surface area contributed by atoms with E-state index in [9.17, 15) is 4.79 Å². The van der Waals surface area contributed by atoms with Crippen LogP contribution in [0, 0.1) is 0 Å². The minimum atomic E-state index is -0.228. The molecule has 3 N–H and O–H groups in total. The summed E-state index contributed by atoms with van der Waals surface area (Å²) >= 11 is 0. The zero-order valence-electron chi connectivity index (χ0n) is 15.6. The van der Waals surface area contributed by atoms with Crippen LogP contribution in [0.2, 0.25) is 0 Å². The van der Waals surface area contributed by atoms with Crippen molar-refractivity contribution >= 4 is 11.9 Å². The van der Waals surface area contributed by atoms with Gasteiger partial charge in [-0.15, -0.1) is 0 Å². The number of hydrogen-bond donors (Lipinski definition) is 3. The maximum atomic E-state index is 11.9. The Morgan fingerprint density at radius 1 is 1.22 bits per heavy atom. The van der Waals surface area contributed by atoms with Crippen molar-refractivity contribution in [3.8, 4) is 0 Å². The maximum absolute atomic E-state index is 11.9. The Morgan fingerprint density at radius 3 is 2.52 bits per heavy atom. The lowest BCUT2D eigenvalue weighted by molar-refractivity contribution is -0.121. The molecule has 0 aromatic heterocycles. The molecule has 0 aromatic carbocycles. The van der Waals surface area contributed by atoms with Gasteiger partial charge in [-0.1, -0.05) is 0 Å². The summed E-state index contributed by atoms with van der Waals surface area (Å²) in [6.45, 7) is 12.8. The number of nitrogens with zero attached hydrogens (tertiary/aromatic N) is 3. The summed E-state index contributed by atoms with van der Waals surface area (Å²) in [6.07, 6.45) is 0. The number of likely N-dealkylation sites (N-methyl/N-ethyl adjacent to an activating group) is 2. The van der Waals surface area contributed by atoms with E-state index in [1.807, 2.05) is 27.7 Å². The van der Waals surface area contributed by atoms with Crippen molar-refractivity contribution < 1.29 is 4.79 Å². The van der Waals surface area contributed by atoms with Gasteiger partial charge >= 0.3 is 0 Å². The second-order valence-corrected chi connectivity index (χ2v) is 7.27. The molecule has 1 rings (SSSR count). The summed E-state index contributed by atoms with van der Waals surface area (Å²) in [5.41, 5.74) is -0.228. The van der Waals surface area contributed by atoms with Crippen LogP contribution in [0.25, 0.3) is 0 Å². The average Bonchev–Trinajstić information content (AvgIpc) is 2.43. The van der Waals surface area contributed by atoms with E-state index in [0.29, 0.717) is 12.0 Å². The van der Waals surface area contributed by atoms with Crippen LogP contribution in [-0.2, 0) is 4.79 Å². The first-order valence-electron chi connectivity index (χ1n) is 8.43. The molecule has 0 radical (unpaired) electrons. The molecule has 0 saturated carbocycles. The lowest BCUT2D eigenvalue weighted by atomic mass is 10.1. The number of aliphatic imine (C=N–C) groups is 1. The molecule has 7 nitrogen and oxygen atoms in total. The quantitative estimate of drug-likeness (QED) is 0.478. The van der Waals surface area contributed by atoms with Crippen LogP contribution >= 0.6 is 0 Å². The Morgan fingerprint density at radius 2 is 1.91 bits per heavy atom. The molecule has 0 spiro atoms. The highest BCUT2D eigenvalue weighted by molar-refractivity contribution is 5.85. The van der Waals surface area contributed by atoms with Crippen LogP contribution in [0.4, 0.5) is 0 Å². The molecule has 1 aliphatic rings. The third-order valence-electron chi connectivity index (χ3n) is 3.72. The number of carbonyl (C=O) groups is 1. The highest BCUT2D eigenvalue weighted by Crippen LogP contribution is 2.04. The van der Waals surface area contributed by atoms with Gasteiger partial charge in [0.05, 0.1) is 0 Å². The Labute approximate surface area is 140 Å². The maximum Gasteiger partial charge on any atom is 0.242 e. The van der Waals surface area contributed by atoms with Gasteiger partial charge in [-0.05, 0) is 41.8 Å². The third kappa shape index (κ3) is 8.18. The number of guanidine groups is 1. The standard InChI is InChI=1S/C16H34N6O/c1-7-17-15(19-11-14(23)20-16(2,3)4)18-10-13-12-21(5)8-9-22(13)6/h13H,7-12H2,1-6H3,(H,20,23)(H2,17,18,19). The highest BCUT2D eigenvalue weighted by Gasteiger charge is 2.22. The molecule has 0 bridgehead atoms. The van der Waals surface area contributed by atoms with E-state index >= 15 is 0 Å². The van der Waals surface area contributed by atoms with Gasteiger partial charge in [-0.2, -0.15) is 0 Å². The van der Waals surface area contributed by atoms with Crippen molar-refractivity contribution in [3.05, 3.63) is 0 Å². The summed E-state index contributed by atoms with van der Waals surface area (Å²) in [4.78, 5) is 21.0. The highest BCUT2D eigenvalue weighted by atomic mass is 16.2. The van der Waals surface area contributed by atoms with Gasteiger partial charge in [0.15, 0.2) is 5.96 Å². The number of rotatable bonds is 5. The molecule has 0 aliphatic carbocycles. The fourth-order valence-corrected chi connectivity index (χ4v) is 2.49. The van der Waals surface area contributed by atoms with Crippen molar-refractivity contribution in [2.24, 2.45) is 4.99 Å². The van der Waals surface area contributed by atoms with E-state index in [4.69, 9.17) is 0 Å². The van der Waals surface area contributed by atoms with Crippen molar-refractivity contribution in [3.63, 3.8) is 0 Å². The van der Waals surface area contributed by atoms with Gasteiger partial charge < -0.3 is 20.9 Å². The first-order valence-corrected chi connectivity index (χ1v) is 8.43. The molecule has 1 saturated heterocycles. The lowest BCUT2D eigenvalue weighted by Crippen LogP contribution is -2.55. The molecule has 1 unspecified atom stereocenters. The third-order valence-corrected chi connectivity index (χ3v) is 3.72. The molecule has 23 heavy (non-hydrogen) atoms. The Bertz CT molecular complexity index is 404. The minimum Gasteiger partial charge on any atom is -0.357 e. The molecular formula is C16H34N6O. The van der Waals surface area contributed by atoms with Gasteiger partial charge in [0.2, 0.25) is 5.91 Å². The van der Waals surface area contributed by atoms with Gasteiger partial charge in [-0.3, -0.25) is 9.69 Å². The van der Waals surface area contributed by atoms with Gasteiger partial charge in [0, 0.05) is 44.3 Å². The van der Waals surface area contributed by atoms with E-state index in [-0.39, 0.29) is 18.0 Å². The van der Waals surface area contributed by atoms with E-state index in [1.165, 1.54) is 0 Å². The fourth-order valence-electron chi connectivity index (χ4n) is 2.49. The van der Waals surface area contributed by atoms with E-state index in [1.54, 1.807) is 0 Å². The lowest BCUT2D eigenvalue weighted by Gasteiger charge is -2.37. The van der Waals surface area contributed by atoms with Crippen molar-refractivity contribution in [1.82, 2.24) is 25.8 Å². The monoisotopic (exact) mass is 326 g/mol. The van der Waals surface area contributed by atoms with Crippen molar-refractivity contribution in [1.29, 1.82) is 0 Å². The number of amides is 1. The first kappa shape index (κ1) is 19.7. The van der Waals surface area contributed by atoms with Crippen LogP contribution < -0.4 is 16.0 Å². The van der Waals surface area contributed by atoms with E-state index < -0.39 is 0 Å². The number of carbonyl (C=O) groups excluding carboxylic acids is 1. The SMILES string of the molecule is CCNC(=NCC(=O)NC(C)(C)C)NCC1CN(C)CCN1C. The average molecular weight is 326 g/mol. The topological polar surface area (TPSA) is 72.0 Å². The summed E-state index contributed by atoms with van der Waals surface area (Å²) in [6, 6.07) is 0.445. The molecule has 7 heteroatoms. The molecule has 1 amide bonds. The van der Waals surface area contributed by atoms with Crippen LogP contribution in [0.5, 0.6) is 0 Å². The van der Waals surface area contributed by atoms with Crippen LogP contribution in [0.3, 0.4) is 0 Å². The summed E-state index contributed by atoms with van der Waals surface area (Å²) in [7, 11) is 4.30. The zero-order valence-corrected chi connectivity index (χ0v) is 15.6. The second-order valence-electron chi connectivity index (χ2n) is 7.27. The van der Waals surface area contributed by atoms with Crippen molar-refractivity contribution in [2.75, 3.05) is 53.4 Å². The zero-order chi connectivity index (χ0) is 17.5. The van der Waals surface area contributed by atoms with Gasteiger partial charge in [0.25, 0.3) is 0 Å². The minimum absolute atomic E-state index is 0.0655. The van der Waals surface area contributed by atoms with Gasteiger partial charge in [0.1, 0.15) is 6.54 Å². The Hall–Kier alpha value is -1.34. The summed E-state index contributed by atoms with van der Waals surface area (Å²) in [5.74, 6) is 0.627. The molecule has 1 heterocycles. The van der Waals surface area contributed by atoms with Crippen LogP contribution in [0.1, 0.15) is 27.7 Å². The van der Waals surface area contributed by atoms with Crippen LogP contribution in [0.15, 0.2) is 4.99 Å². The number of hydrogen-bond acceptors (Lipinski definition) is 4. The molecule has 1 aliphatic heterocycles. The molecule has 1 atom stereocenters. The summed E-state index contributed by atoms with van der Waals surface area (Å²) < 4.78 is 0. The predicted molar refractivity (Wildman–Crippen MR) is 95.8 cm³/mol. The molecule has 0 aromatic rings. The molecule has 1 fully saturated rings. The molecular weight excluding hydrogens is 292 g/mol. The van der Waals surface area contributed by atoms with Crippen molar-refractivity contribution in [2.45, 2.75) is 39.3 Å². The number of nitrogens with one attached hydrogen (secondary N) is 3. The number of piperazine rings is 1. The largest absolute Gasteiger partial charge is 0.357 e.